The van der Waals surface area contributed by atoms with Gasteiger partial charge >= 0.3 is 0 Å². The lowest BCUT2D eigenvalue weighted by Crippen LogP contribution is -2.36. The Morgan fingerprint density at radius 1 is 1.50 bits per heavy atom. The first kappa shape index (κ1) is 15.9. The zero-order valence-corrected chi connectivity index (χ0v) is 11.8. The number of ether oxygens (including phenoxy) is 1. The monoisotopic (exact) mass is 281 g/mol. The molecule has 0 fully saturated rings. The minimum absolute atomic E-state index is 0.115. The number of amides is 1. The summed E-state index contributed by atoms with van der Waals surface area (Å²) in [6, 6.07) is 4.00. The third kappa shape index (κ3) is 4.20. The predicted molar refractivity (Wildman–Crippen MR) is 76.1 cm³/mol. The number of benzene rings is 1. The maximum absolute atomic E-state index is 12.2. The number of rotatable bonds is 7. The molecule has 0 aliphatic rings. The second kappa shape index (κ2) is 7.44. The standard InChI is InChI=1S/C13H19N3O4/c1-4-14-12-6-5-10(16(18)19)7-11(12)13(17)15-9(2)8-20-3/h5-7,9,14H,4,8H2,1-3H3,(H,15,17). The topological polar surface area (TPSA) is 93.5 Å². The van der Waals surface area contributed by atoms with E-state index in [0.717, 1.165) is 0 Å². The van der Waals surface area contributed by atoms with Crippen molar-refractivity contribution in [1.82, 2.24) is 5.32 Å². The molecule has 7 nitrogen and oxygen atoms in total. The van der Waals surface area contributed by atoms with Crippen LogP contribution < -0.4 is 10.6 Å². The molecule has 110 valence electrons. The van der Waals surface area contributed by atoms with Gasteiger partial charge in [0.15, 0.2) is 0 Å². The molecule has 0 saturated carbocycles. The van der Waals surface area contributed by atoms with Crippen LogP contribution in [0, 0.1) is 10.1 Å². The fourth-order valence-corrected chi connectivity index (χ4v) is 1.77. The van der Waals surface area contributed by atoms with Crippen LogP contribution in [0.2, 0.25) is 0 Å². The number of nitrogens with one attached hydrogen (secondary N) is 2. The van der Waals surface area contributed by atoms with Crippen LogP contribution in [-0.2, 0) is 4.74 Å². The highest BCUT2D eigenvalue weighted by Gasteiger charge is 2.17. The van der Waals surface area contributed by atoms with Crippen LogP contribution in [0.5, 0.6) is 0 Å². The van der Waals surface area contributed by atoms with Crippen molar-refractivity contribution in [3.05, 3.63) is 33.9 Å². The average molecular weight is 281 g/mol. The van der Waals surface area contributed by atoms with Crippen LogP contribution in [-0.4, -0.2) is 37.1 Å². The van der Waals surface area contributed by atoms with E-state index in [1.165, 1.54) is 18.2 Å². The Morgan fingerprint density at radius 3 is 2.75 bits per heavy atom. The number of carbonyl (C=O) groups is 1. The van der Waals surface area contributed by atoms with E-state index in [2.05, 4.69) is 10.6 Å². The first-order valence-corrected chi connectivity index (χ1v) is 6.31. The zero-order chi connectivity index (χ0) is 15.1. The van der Waals surface area contributed by atoms with Crippen LogP contribution in [0.1, 0.15) is 24.2 Å². The van der Waals surface area contributed by atoms with Gasteiger partial charge in [0.05, 0.1) is 17.1 Å². The highest BCUT2D eigenvalue weighted by atomic mass is 16.6. The van der Waals surface area contributed by atoms with Crippen molar-refractivity contribution in [2.24, 2.45) is 0 Å². The maximum Gasteiger partial charge on any atom is 0.270 e. The summed E-state index contributed by atoms with van der Waals surface area (Å²) in [7, 11) is 1.54. The highest BCUT2D eigenvalue weighted by Crippen LogP contribution is 2.22. The number of nitro benzene ring substituents is 1. The Labute approximate surface area is 117 Å². The van der Waals surface area contributed by atoms with Gasteiger partial charge in [-0.2, -0.15) is 0 Å². The normalized spacial score (nSPS) is 11.8. The summed E-state index contributed by atoms with van der Waals surface area (Å²) >= 11 is 0. The molecule has 0 saturated heterocycles. The van der Waals surface area contributed by atoms with Crippen molar-refractivity contribution in [3.63, 3.8) is 0 Å². The second-order valence-corrected chi connectivity index (χ2v) is 4.35. The summed E-state index contributed by atoms with van der Waals surface area (Å²) in [5.74, 6) is -0.366. The Kier molecular flexibility index (Phi) is 5.92. The summed E-state index contributed by atoms with van der Waals surface area (Å²) < 4.78 is 4.94. The quantitative estimate of drug-likeness (QED) is 0.587. The molecule has 0 aromatic heterocycles. The minimum atomic E-state index is -0.523. The van der Waals surface area contributed by atoms with Crippen LogP contribution in [0.4, 0.5) is 11.4 Å². The summed E-state index contributed by atoms with van der Waals surface area (Å²) in [5.41, 5.74) is 0.709. The van der Waals surface area contributed by atoms with E-state index in [0.29, 0.717) is 18.8 Å². The molecular formula is C13H19N3O4. The molecular weight excluding hydrogens is 262 g/mol. The van der Waals surface area contributed by atoms with Crippen molar-refractivity contribution in [3.8, 4) is 0 Å². The lowest BCUT2D eigenvalue weighted by Gasteiger charge is -2.15. The molecule has 1 aromatic carbocycles. The van der Waals surface area contributed by atoms with Crippen molar-refractivity contribution < 1.29 is 14.5 Å². The second-order valence-electron chi connectivity index (χ2n) is 4.35. The smallest absolute Gasteiger partial charge is 0.270 e. The van der Waals surface area contributed by atoms with E-state index in [-0.39, 0.29) is 23.2 Å². The van der Waals surface area contributed by atoms with E-state index in [1.54, 1.807) is 14.0 Å². The van der Waals surface area contributed by atoms with Crippen LogP contribution in [0.25, 0.3) is 0 Å². The minimum Gasteiger partial charge on any atom is -0.385 e. The van der Waals surface area contributed by atoms with Crippen molar-refractivity contribution >= 4 is 17.3 Å². The molecule has 2 N–H and O–H groups in total. The molecule has 1 amide bonds. The van der Waals surface area contributed by atoms with Gasteiger partial charge in [-0.15, -0.1) is 0 Å². The van der Waals surface area contributed by atoms with Gasteiger partial charge in [0.2, 0.25) is 0 Å². The van der Waals surface area contributed by atoms with E-state index >= 15 is 0 Å². The molecule has 7 heteroatoms. The van der Waals surface area contributed by atoms with E-state index < -0.39 is 4.92 Å². The first-order valence-electron chi connectivity index (χ1n) is 6.31. The fraction of sp³-hybridized carbons (Fsp3) is 0.462. The molecule has 1 atom stereocenters. The Bertz CT molecular complexity index is 491. The number of carbonyl (C=O) groups excluding carboxylic acids is 1. The Hall–Kier alpha value is -2.15. The van der Waals surface area contributed by atoms with Gasteiger partial charge in [0.1, 0.15) is 0 Å². The Morgan fingerprint density at radius 2 is 2.20 bits per heavy atom. The summed E-state index contributed by atoms with van der Waals surface area (Å²) in [4.78, 5) is 22.5. The number of hydrogen-bond donors (Lipinski definition) is 2. The lowest BCUT2D eigenvalue weighted by molar-refractivity contribution is -0.384. The number of nitro groups is 1. The number of methoxy groups -OCH3 is 1. The van der Waals surface area contributed by atoms with Gasteiger partial charge in [-0.25, -0.2) is 0 Å². The first-order chi connectivity index (χ1) is 9.49. The van der Waals surface area contributed by atoms with Crippen LogP contribution in [0.3, 0.4) is 0 Å². The van der Waals surface area contributed by atoms with Crippen LogP contribution >= 0.6 is 0 Å². The van der Waals surface area contributed by atoms with Gasteiger partial charge in [0.25, 0.3) is 11.6 Å². The Balaban J connectivity index is 3.02. The van der Waals surface area contributed by atoms with Crippen molar-refractivity contribution in [1.29, 1.82) is 0 Å². The van der Waals surface area contributed by atoms with Gasteiger partial charge in [-0.05, 0) is 19.9 Å². The molecule has 0 radical (unpaired) electrons. The predicted octanol–water partition coefficient (Wildman–Crippen LogP) is 1.79. The number of non-ortho nitro benzene ring substituents is 1. The van der Waals surface area contributed by atoms with Crippen LogP contribution in [0.15, 0.2) is 18.2 Å². The van der Waals surface area contributed by atoms with E-state index in [9.17, 15) is 14.9 Å². The van der Waals surface area contributed by atoms with Gasteiger partial charge < -0.3 is 15.4 Å². The largest absolute Gasteiger partial charge is 0.385 e. The summed E-state index contributed by atoms with van der Waals surface area (Å²) in [6.45, 7) is 4.67. The summed E-state index contributed by atoms with van der Waals surface area (Å²) in [6.07, 6.45) is 0. The molecule has 0 aliphatic heterocycles. The molecule has 1 aromatic rings. The number of nitrogens with zero attached hydrogens (tertiary/aromatic N) is 1. The lowest BCUT2D eigenvalue weighted by atomic mass is 10.1. The SMILES string of the molecule is CCNc1ccc([N+](=O)[O-])cc1C(=O)NC(C)COC. The van der Waals surface area contributed by atoms with Gasteiger partial charge in [0, 0.05) is 37.5 Å². The molecule has 1 unspecified atom stereocenters. The van der Waals surface area contributed by atoms with Crippen molar-refractivity contribution in [2.75, 3.05) is 25.6 Å². The third-order valence-corrected chi connectivity index (χ3v) is 2.62. The number of anilines is 1. The zero-order valence-electron chi connectivity index (χ0n) is 11.8. The van der Waals surface area contributed by atoms with E-state index in [4.69, 9.17) is 4.74 Å². The van der Waals surface area contributed by atoms with Crippen molar-refractivity contribution in [2.45, 2.75) is 19.9 Å². The molecule has 0 heterocycles. The van der Waals surface area contributed by atoms with Gasteiger partial charge in [-0.3, -0.25) is 14.9 Å². The van der Waals surface area contributed by atoms with E-state index in [1.807, 2.05) is 6.92 Å². The maximum atomic E-state index is 12.2. The highest BCUT2D eigenvalue weighted by molar-refractivity contribution is 6.00. The summed E-state index contributed by atoms with van der Waals surface area (Å²) in [5, 5.41) is 16.6. The molecule has 0 bridgehead atoms. The van der Waals surface area contributed by atoms with Gasteiger partial charge in [-0.1, -0.05) is 0 Å². The molecule has 0 aliphatic carbocycles. The third-order valence-electron chi connectivity index (χ3n) is 2.62. The molecule has 0 spiro atoms. The molecule has 1 rings (SSSR count). The number of hydrogen-bond acceptors (Lipinski definition) is 5. The molecule has 20 heavy (non-hydrogen) atoms. The fourth-order valence-electron chi connectivity index (χ4n) is 1.77. The average Bonchev–Trinajstić information content (AvgIpc) is 2.39.